The third-order valence-electron chi connectivity index (χ3n) is 6.93. The number of rotatable bonds is 5. The molecule has 0 aromatic heterocycles. The zero-order valence-electron chi connectivity index (χ0n) is 22.7. The van der Waals surface area contributed by atoms with Gasteiger partial charge in [-0.1, -0.05) is 69.3 Å². The normalized spacial score (nSPS) is 18.1. The molecular formula is C30H38N2O5. The number of benzene rings is 2. The van der Waals surface area contributed by atoms with Gasteiger partial charge in [0.1, 0.15) is 24.3 Å². The molecule has 0 spiro atoms. The number of ether oxygens (including phenoxy) is 2. The lowest BCUT2D eigenvalue weighted by molar-refractivity contribution is -0.164. The summed E-state index contributed by atoms with van der Waals surface area (Å²) >= 11 is 0. The van der Waals surface area contributed by atoms with E-state index in [1.54, 1.807) is 4.90 Å². The summed E-state index contributed by atoms with van der Waals surface area (Å²) in [6.45, 7) is 11.7. The highest BCUT2D eigenvalue weighted by Gasteiger charge is 2.43. The predicted molar refractivity (Wildman–Crippen MR) is 142 cm³/mol. The van der Waals surface area contributed by atoms with Crippen LogP contribution < -0.4 is 5.32 Å². The second-order valence-electron chi connectivity index (χ2n) is 12.0. The van der Waals surface area contributed by atoms with Crippen molar-refractivity contribution in [2.24, 2.45) is 5.41 Å². The van der Waals surface area contributed by atoms with E-state index in [0.29, 0.717) is 19.4 Å². The fraction of sp³-hybridized carbons (Fsp3) is 0.500. The molecule has 1 aliphatic heterocycles. The zero-order chi connectivity index (χ0) is 27.0. The summed E-state index contributed by atoms with van der Waals surface area (Å²) in [5.74, 6) is -0.779. The van der Waals surface area contributed by atoms with E-state index < -0.39 is 35.2 Å². The van der Waals surface area contributed by atoms with E-state index in [1.807, 2.05) is 65.8 Å². The van der Waals surface area contributed by atoms with Crippen LogP contribution in [0.25, 0.3) is 11.1 Å². The SMILES string of the molecule is CC(C)(C)OC(=O)[C@@H]1CCCN1C(=O)C(NC(=O)OCC1c2ccccc2-c2ccccc21)C(C)(C)C. The van der Waals surface area contributed by atoms with Gasteiger partial charge in [-0.2, -0.15) is 0 Å². The number of likely N-dealkylation sites (tertiary alicyclic amines) is 1. The lowest BCUT2D eigenvalue weighted by Crippen LogP contribution is -2.57. The number of hydrogen-bond donors (Lipinski definition) is 1. The van der Waals surface area contributed by atoms with Crippen LogP contribution in [0.2, 0.25) is 0 Å². The van der Waals surface area contributed by atoms with Gasteiger partial charge in [0.2, 0.25) is 5.91 Å². The van der Waals surface area contributed by atoms with E-state index in [1.165, 1.54) is 0 Å². The molecule has 4 rings (SSSR count). The summed E-state index contributed by atoms with van der Waals surface area (Å²) < 4.78 is 11.3. The third kappa shape index (κ3) is 5.81. The van der Waals surface area contributed by atoms with Crippen LogP contribution in [0, 0.1) is 5.41 Å². The molecule has 1 unspecified atom stereocenters. The Morgan fingerprint density at radius 3 is 2.05 bits per heavy atom. The Bertz CT molecular complexity index is 1130. The lowest BCUT2D eigenvalue weighted by Gasteiger charge is -2.35. The molecule has 0 radical (unpaired) electrons. The fourth-order valence-electron chi connectivity index (χ4n) is 5.22. The number of esters is 1. The minimum absolute atomic E-state index is 0.0722. The highest BCUT2D eigenvalue weighted by atomic mass is 16.6. The number of nitrogens with zero attached hydrogens (tertiary/aromatic N) is 1. The van der Waals surface area contributed by atoms with E-state index >= 15 is 0 Å². The average Bonchev–Trinajstić information content (AvgIpc) is 3.43. The van der Waals surface area contributed by atoms with Crippen molar-refractivity contribution >= 4 is 18.0 Å². The number of carbonyl (C=O) groups excluding carboxylic acids is 3. The molecule has 7 nitrogen and oxygen atoms in total. The number of hydrogen-bond acceptors (Lipinski definition) is 5. The monoisotopic (exact) mass is 506 g/mol. The maximum Gasteiger partial charge on any atom is 0.407 e. The van der Waals surface area contributed by atoms with E-state index in [2.05, 4.69) is 29.6 Å². The van der Waals surface area contributed by atoms with Crippen molar-refractivity contribution in [3.63, 3.8) is 0 Å². The van der Waals surface area contributed by atoms with Gasteiger partial charge in [-0.3, -0.25) is 4.79 Å². The molecule has 1 saturated heterocycles. The van der Waals surface area contributed by atoms with Gasteiger partial charge in [0.05, 0.1) is 0 Å². The molecule has 0 saturated carbocycles. The van der Waals surface area contributed by atoms with Crippen LogP contribution in [0.4, 0.5) is 4.79 Å². The summed E-state index contributed by atoms with van der Waals surface area (Å²) in [6, 6.07) is 14.8. The Kier molecular flexibility index (Phi) is 7.36. The van der Waals surface area contributed by atoms with Crippen LogP contribution in [-0.4, -0.2) is 53.7 Å². The molecule has 2 amide bonds. The van der Waals surface area contributed by atoms with E-state index in [-0.39, 0.29) is 18.4 Å². The standard InChI is InChI=1S/C30H38N2O5/c1-29(2,3)25(26(33)32-17-11-16-24(32)27(34)37-30(4,5)6)31-28(35)36-18-23-21-14-9-7-12-19(21)20-13-8-10-15-22(20)23/h7-10,12-15,23-25H,11,16-18H2,1-6H3,(H,31,35)/t24-,25?/m0/s1. The molecule has 198 valence electrons. The maximum atomic E-state index is 13.6. The summed E-state index contributed by atoms with van der Waals surface area (Å²) in [5.41, 5.74) is 3.31. The van der Waals surface area contributed by atoms with Crippen molar-refractivity contribution in [2.45, 2.75) is 78.0 Å². The topological polar surface area (TPSA) is 84.9 Å². The van der Waals surface area contributed by atoms with Gasteiger partial charge in [0, 0.05) is 12.5 Å². The molecule has 1 fully saturated rings. The molecule has 2 aromatic rings. The molecule has 0 bridgehead atoms. The summed E-state index contributed by atoms with van der Waals surface area (Å²) in [4.78, 5) is 41.0. The molecule has 1 N–H and O–H groups in total. The smallest absolute Gasteiger partial charge is 0.407 e. The maximum absolute atomic E-state index is 13.6. The van der Waals surface area contributed by atoms with Gasteiger partial charge in [-0.15, -0.1) is 0 Å². The number of fused-ring (bicyclic) bond motifs is 3. The Morgan fingerprint density at radius 1 is 0.946 bits per heavy atom. The van der Waals surface area contributed by atoms with Crippen LogP contribution in [-0.2, 0) is 19.1 Å². The van der Waals surface area contributed by atoms with Crippen LogP contribution in [0.3, 0.4) is 0 Å². The number of carbonyl (C=O) groups is 3. The van der Waals surface area contributed by atoms with Crippen LogP contribution >= 0.6 is 0 Å². The second-order valence-corrected chi connectivity index (χ2v) is 12.0. The van der Waals surface area contributed by atoms with Crippen molar-refractivity contribution < 1.29 is 23.9 Å². The largest absolute Gasteiger partial charge is 0.458 e. The first kappa shape index (κ1) is 26.7. The van der Waals surface area contributed by atoms with Crippen molar-refractivity contribution in [3.8, 4) is 11.1 Å². The first-order chi connectivity index (χ1) is 17.4. The Hall–Kier alpha value is -3.35. The predicted octanol–water partition coefficient (Wildman–Crippen LogP) is 5.27. The molecule has 1 aliphatic carbocycles. The zero-order valence-corrected chi connectivity index (χ0v) is 22.7. The summed E-state index contributed by atoms with van der Waals surface area (Å²) in [6.07, 6.45) is 0.600. The number of nitrogens with one attached hydrogen (secondary N) is 1. The Balaban J connectivity index is 1.45. The summed E-state index contributed by atoms with van der Waals surface area (Å²) in [7, 11) is 0. The molecular weight excluding hydrogens is 468 g/mol. The van der Waals surface area contributed by atoms with E-state index in [0.717, 1.165) is 22.3 Å². The van der Waals surface area contributed by atoms with Gasteiger partial charge in [-0.05, 0) is 61.3 Å². The minimum Gasteiger partial charge on any atom is -0.458 e. The highest BCUT2D eigenvalue weighted by Crippen LogP contribution is 2.44. The van der Waals surface area contributed by atoms with Crippen molar-refractivity contribution in [1.29, 1.82) is 0 Å². The second kappa shape index (κ2) is 10.2. The molecule has 1 heterocycles. The van der Waals surface area contributed by atoms with Gasteiger partial charge in [0.15, 0.2) is 0 Å². The molecule has 37 heavy (non-hydrogen) atoms. The highest BCUT2D eigenvalue weighted by molar-refractivity contribution is 5.91. The first-order valence-electron chi connectivity index (χ1n) is 13.0. The van der Waals surface area contributed by atoms with Gasteiger partial charge in [0.25, 0.3) is 0 Å². The summed E-state index contributed by atoms with van der Waals surface area (Å²) in [5, 5.41) is 2.81. The quantitative estimate of drug-likeness (QED) is 0.559. The first-order valence-corrected chi connectivity index (χ1v) is 13.0. The Labute approximate surface area is 219 Å². The molecule has 7 heteroatoms. The Morgan fingerprint density at radius 2 is 1.51 bits per heavy atom. The van der Waals surface area contributed by atoms with Crippen LogP contribution in [0.1, 0.15) is 71.4 Å². The molecule has 2 aromatic carbocycles. The van der Waals surface area contributed by atoms with E-state index in [9.17, 15) is 14.4 Å². The average molecular weight is 507 g/mol. The van der Waals surface area contributed by atoms with Crippen LogP contribution in [0.15, 0.2) is 48.5 Å². The number of alkyl carbamates (subject to hydrolysis) is 1. The third-order valence-corrected chi connectivity index (χ3v) is 6.93. The van der Waals surface area contributed by atoms with Gasteiger partial charge < -0.3 is 19.7 Å². The van der Waals surface area contributed by atoms with Crippen molar-refractivity contribution in [2.75, 3.05) is 13.2 Å². The van der Waals surface area contributed by atoms with Gasteiger partial charge >= 0.3 is 12.1 Å². The number of amides is 2. The lowest BCUT2D eigenvalue weighted by atomic mass is 9.85. The van der Waals surface area contributed by atoms with Crippen molar-refractivity contribution in [1.82, 2.24) is 10.2 Å². The van der Waals surface area contributed by atoms with Crippen LogP contribution in [0.5, 0.6) is 0 Å². The molecule has 2 atom stereocenters. The molecule has 2 aliphatic rings. The van der Waals surface area contributed by atoms with Gasteiger partial charge in [-0.25, -0.2) is 9.59 Å². The van der Waals surface area contributed by atoms with Crippen molar-refractivity contribution in [3.05, 3.63) is 59.7 Å². The minimum atomic E-state index is -0.855. The fourth-order valence-corrected chi connectivity index (χ4v) is 5.22. The van der Waals surface area contributed by atoms with E-state index in [4.69, 9.17) is 9.47 Å².